The largest absolute Gasteiger partial charge is 0.465 e. The van der Waals surface area contributed by atoms with E-state index >= 15 is 0 Å². The van der Waals surface area contributed by atoms with Gasteiger partial charge in [-0.1, -0.05) is 42.5 Å². The molecule has 7 heteroatoms. The van der Waals surface area contributed by atoms with Gasteiger partial charge in [-0.3, -0.25) is 4.79 Å². The van der Waals surface area contributed by atoms with Crippen LogP contribution in [0.3, 0.4) is 0 Å². The second kappa shape index (κ2) is 9.24. The Morgan fingerprint density at radius 2 is 1.76 bits per heavy atom. The van der Waals surface area contributed by atoms with Gasteiger partial charge in [0.15, 0.2) is 5.65 Å². The predicted molar refractivity (Wildman–Crippen MR) is 124 cm³/mol. The quantitative estimate of drug-likeness (QED) is 0.397. The molecule has 4 aromatic rings. The molecule has 168 valence electrons. The average Bonchev–Trinajstić information content (AvgIpc) is 3.28. The lowest BCUT2D eigenvalue weighted by atomic mass is 9.80. The summed E-state index contributed by atoms with van der Waals surface area (Å²) in [5.41, 5.74) is 3.45. The topological polar surface area (TPSA) is 82.8 Å². The predicted octanol–water partition coefficient (Wildman–Crippen LogP) is 4.25. The standard InChI is InChI=1S/C26H25N3O4/c1-4-33-25(31)26(2,16-18-8-6-5-7-9-18)22-14-15-27-23-21(17-28-29(22)23)19-10-12-20(13-11-19)24(30)32-3/h5-15,17H,4,16H2,1-3H3. The van der Waals surface area contributed by atoms with Crippen molar-refractivity contribution >= 4 is 17.6 Å². The summed E-state index contributed by atoms with van der Waals surface area (Å²) in [5.74, 6) is -0.714. The molecular weight excluding hydrogens is 418 g/mol. The molecule has 0 saturated carbocycles. The molecule has 0 fully saturated rings. The molecule has 7 nitrogen and oxygen atoms in total. The van der Waals surface area contributed by atoms with E-state index in [1.807, 2.05) is 55.5 Å². The van der Waals surface area contributed by atoms with Crippen LogP contribution in [0.2, 0.25) is 0 Å². The first-order valence-corrected chi connectivity index (χ1v) is 10.7. The van der Waals surface area contributed by atoms with Crippen LogP contribution in [0.1, 0.15) is 35.5 Å². The van der Waals surface area contributed by atoms with Crippen molar-refractivity contribution in [1.29, 1.82) is 0 Å². The first-order valence-electron chi connectivity index (χ1n) is 10.7. The monoisotopic (exact) mass is 443 g/mol. The minimum Gasteiger partial charge on any atom is -0.465 e. The number of fused-ring (bicyclic) bond motifs is 1. The zero-order valence-corrected chi connectivity index (χ0v) is 18.8. The maximum atomic E-state index is 13.2. The summed E-state index contributed by atoms with van der Waals surface area (Å²) in [7, 11) is 1.35. The summed E-state index contributed by atoms with van der Waals surface area (Å²) in [6.45, 7) is 3.96. The van der Waals surface area contributed by atoms with E-state index in [2.05, 4.69) is 10.1 Å². The SMILES string of the molecule is CCOC(=O)C(C)(Cc1ccccc1)c1ccnc2c(-c3ccc(C(=O)OC)cc3)cnn12. The van der Waals surface area contributed by atoms with Crippen LogP contribution in [-0.2, 0) is 26.1 Å². The third-order valence-corrected chi connectivity index (χ3v) is 5.71. The van der Waals surface area contributed by atoms with Gasteiger partial charge in [-0.05, 0) is 49.6 Å². The van der Waals surface area contributed by atoms with Gasteiger partial charge in [0.1, 0.15) is 5.41 Å². The number of methoxy groups -OCH3 is 1. The summed E-state index contributed by atoms with van der Waals surface area (Å²) < 4.78 is 11.9. The Bertz CT molecular complexity index is 1280. The molecule has 2 aromatic carbocycles. The number of hydrogen-bond acceptors (Lipinski definition) is 6. The lowest BCUT2D eigenvalue weighted by Gasteiger charge is -2.28. The van der Waals surface area contributed by atoms with Crippen molar-refractivity contribution in [1.82, 2.24) is 14.6 Å². The first-order chi connectivity index (χ1) is 16.0. The van der Waals surface area contributed by atoms with Crippen LogP contribution in [0.25, 0.3) is 16.8 Å². The van der Waals surface area contributed by atoms with Crippen molar-refractivity contribution in [3.05, 3.63) is 89.9 Å². The molecule has 0 saturated heterocycles. The molecule has 1 atom stereocenters. The normalized spacial score (nSPS) is 12.8. The first kappa shape index (κ1) is 22.2. The zero-order valence-electron chi connectivity index (χ0n) is 18.8. The van der Waals surface area contributed by atoms with Gasteiger partial charge in [0.25, 0.3) is 0 Å². The number of rotatable bonds is 7. The zero-order chi connectivity index (χ0) is 23.4. The number of esters is 2. The third-order valence-electron chi connectivity index (χ3n) is 5.71. The minimum atomic E-state index is -0.976. The van der Waals surface area contributed by atoms with E-state index < -0.39 is 11.4 Å². The van der Waals surface area contributed by atoms with Crippen LogP contribution in [0, 0.1) is 0 Å². The summed E-state index contributed by atoms with van der Waals surface area (Å²) in [6.07, 6.45) is 3.85. The van der Waals surface area contributed by atoms with E-state index in [-0.39, 0.29) is 12.6 Å². The summed E-state index contributed by atoms with van der Waals surface area (Å²) in [5, 5.41) is 4.57. The number of nitrogens with zero attached hydrogens (tertiary/aromatic N) is 3. The molecule has 33 heavy (non-hydrogen) atoms. The molecule has 0 spiro atoms. The van der Waals surface area contributed by atoms with Crippen molar-refractivity contribution in [3.63, 3.8) is 0 Å². The highest BCUT2D eigenvalue weighted by atomic mass is 16.5. The number of aromatic nitrogens is 3. The van der Waals surface area contributed by atoms with Gasteiger partial charge in [0.2, 0.25) is 0 Å². The number of carbonyl (C=O) groups excluding carboxylic acids is 2. The van der Waals surface area contributed by atoms with Gasteiger partial charge in [0, 0.05) is 11.8 Å². The van der Waals surface area contributed by atoms with E-state index in [0.717, 1.165) is 16.7 Å². The molecule has 0 bridgehead atoms. The Morgan fingerprint density at radius 3 is 2.42 bits per heavy atom. The molecule has 0 aliphatic rings. The van der Waals surface area contributed by atoms with Gasteiger partial charge in [-0.2, -0.15) is 5.10 Å². The van der Waals surface area contributed by atoms with Crippen molar-refractivity contribution in [3.8, 4) is 11.1 Å². The molecule has 0 aliphatic heterocycles. The Hall–Kier alpha value is -4.00. The number of carbonyl (C=O) groups is 2. The molecular formula is C26H25N3O4. The van der Waals surface area contributed by atoms with Gasteiger partial charge in [-0.15, -0.1) is 0 Å². The van der Waals surface area contributed by atoms with E-state index in [4.69, 9.17) is 9.47 Å². The lowest BCUT2D eigenvalue weighted by molar-refractivity contribution is -0.149. The molecule has 2 aromatic heterocycles. The summed E-state index contributed by atoms with van der Waals surface area (Å²) >= 11 is 0. The van der Waals surface area contributed by atoms with E-state index in [0.29, 0.717) is 23.3 Å². The molecule has 0 radical (unpaired) electrons. The van der Waals surface area contributed by atoms with Crippen LogP contribution >= 0.6 is 0 Å². The summed E-state index contributed by atoms with van der Waals surface area (Å²) in [6, 6.07) is 18.7. The van der Waals surface area contributed by atoms with Crippen LogP contribution in [-0.4, -0.2) is 40.3 Å². The van der Waals surface area contributed by atoms with E-state index in [1.54, 1.807) is 36.0 Å². The van der Waals surface area contributed by atoms with Crippen molar-refractivity contribution in [2.45, 2.75) is 25.7 Å². The average molecular weight is 444 g/mol. The number of hydrogen-bond donors (Lipinski definition) is 0. The molecule has 0 N–H and O–H groups in total. The third kappa shape index (κ3) is 4.22. The smallest absolute Gasteiger partial charge is 0.337 e. The highest BCUT2D eigenvalue weighted by Crippen LogP contribution is 2.32. The maximum Gasteiger partial charge on any atom is 0.337 e. The Balaban J connectivity index is 1.80. The van der Waals surface area contributed by atoms with Crippen molar-refractivity contribution < 1.29 is 19.1 Å². The fourth-order valence-corrected chi connectivity index (χ4v) is 3.98. The van der Waals surface area contributed by atoms with Gasteiger partial charge < -0.3 is 9.47 Å². The highest BCUT2D eigenvalue weighted by molar-refractivity contribution is 5.90. The summed E-state index contributed by atoms with van der Waals surface area (Å²) in [4.78, 5) is 29.5. The van der Waals surface area contributed by atoms with Gasteiger partial charge in [-0.25, -0.2) is 14.3 Å². The fraction of sp³-hybridized carbons (Fsp3) is 0.231. The molecule has 1 unspecified atom stereocenters. The van der Waals surface area contributed by atoms with E-state index in [1.165, 1.54) is 7.11 Å². The maximum absolute atomic E-state index is 13.2. The van der Waals surface area contributed by atoms with Crippen LogP contribution in [0.15, 0.2) is 73.1 Å². The Kier molecular flexibility index (Phi) is 6.22. The minimum absolute atomic E-state index is 0.286. The molecule has 0 amide bonds. The highest BCUT2D eigenvalue weighted by Gasteiger charge is 2.39. The van der Waals surface area contributed by atoms with Crippen molar-refractivity contribution in [2.24, 2.45) is 0 Å². The molecule has 4 rings (SSSR count). The second-order valence-electron chi connectivity index (χ2n) is 7.91. The van der Waals surface area contributed by atoms with Gasteiger partial charge >= 0.3 is 11.9 Å². The molecule has 0 aliphatic carbocycles. The Labute approximate surface area is 192 Å². The Morgan fingerprint density at radius 1 is 1.03 bits per heavy atom. The van der Waals surface area contributed by atoms with E-state index in [9.17, 15) is 9.59 Å². The van der Waals surface area contributed by atoms with Gasteiger partial charge in [0.05, 0.1) is 31.2 Å². The molecule has 2 heterocycles. The second-order valence-corrected chi connectivity index (χ2v) is 7.91. The fourth-order valence-electron chi connectivity index (χ4n) is 3.98. The lowest BCUT2D eigenvalue weighted by Crippen LogP contribution is -2.38. The van der Waals surface area contributed by atoms with Crippen molar-refractivity contribution in [2.75, 3.05) is 13.7 Å². The van der Waals surface area contributed by atoms with Crippen LogP contribution in [0.4, 0.5) is 0 Å². The van der Waals surface area contributed by atoms with Crippen LogP contribution in [0.5, 0.6) is 0 Å². The van der Waals surface area contributed by atoms with Crippen LogP contribution < -0.4 is 0 Å². The number of ether oxygens (including phenoxy) is 2. The number of benzene rings is 2.